The Kier molecular flexibility index (Phi) is 3.38. The number of para-hydroxylation sites is 1. The molecule has 0 N–H and O–H groups in total. The van der Waals surface area contributed by atoms with E-state index in [1.165, 1.54) is 5.56 Å². The molecule has 2 aromatic carbocycles. The van der Waals surface area contributed by atoms with E-state index in [0.717, 1.165) is 27.5 Å². The molecule has 0 atom stereocenters. The standard InChI is InChI=1S/C18H15BO/c1-2-5-13(10-11-19)14-8-9-18-16(12-14)15-6-3-4-7-17(15)20-18/h2-12,19H,1H3/b5-2-,13-10+. The molecule has 20 heavy (non-hydrogen) atoms. The zero-order valence-electron chi connectivity index (χ0n) is 11.5. The van der Waals surface area contributed by atoms with E-state index in [4.69, 9.17) is 4.42 Å². The quantitative estimate of drug-likeness (QED) is 0.505. The van der Waals surface area contributed by atoms with Crippen molar-refractivity contribution in [2.75, 3.05) is 0 Å². The maximum atomic E-state index is 5.85. The number of furan rings is 1. The molecule has 0 saturated carbocycles. The van der Waals surface area contributed by atoms with Gasteiger partial charge in [0.05, 0.1) is 0 Å². The third-order valence-corrected chi connectivity index (χ3v) is 3.35. The summed E-state index contributed by atoms with van der Waals surface area (Å²) in [5.74, 6) is 1.81. The van der Waals surface area contributed by atoms with Crippen LogP contribution in [0.3, 0.4) is 0 Å². The average Bonchev–Trinajstić information content (AvgIpc) is 2.85. The van der Waals surface area contributed by atoms with Gasteiger partial charge < -0.3 is 0 Å². The van der Waals surface area contributed by atoms with Gasteiger partial charge in [0.15, 0.2) is 0 Å². The van der Waals surface area contributed by atoms with Crippen LogP contribution in [0.15, 0.2) is 65.1 Å². The van der Waals surface area contributed by atoms with Gasteiger partial charge in [-0.05, 0) is 0 Å². The number of hydrogen-bond donors (Lipinski definition) is 0. The zero-order valence-corrected chi connectivity index (χ0v) is 11.5. The summed E-state index contributed by atoms with van der Waals surface area (Å²) in [6.45, 7) is 2.02. The van der Waals surface area contributed by atoms with Gasteiger partial charge in [-0.1, -0.05) is 0 Å². The fourth-order valence-corrected chi connectivity index (χ4v) is 2.46. The van der Waals surface area contributed by atoms with Crippen LogP contribution in [0.5, 0.6) is 0 Å². The Hall–Kier alpha value is -2.35. The molecule has 0 saturated heterocycles. The number of fused-ring (bicyclic) bond motifs is 3. The van der Waals surface area contributed by atoms with Gasteiger partial charge in [0, 0.05) is 0 Å². The number of allylic oxidation sites excluding steroid dienone is 4. The van der Waals surface area contributed by atoms with E-state index in [0.29, 0.717) is 0 Å². The van der Waals surface area contributed by atoms with E-state index in [9.17, 15) is 0 Å². The van der Waals surface area contributed by atoms with Crippen molar-refractivity contribution < 1.29 is 4.42 Å². The van der Waals surface area contributed by atoms with Crippen molar-refractivity contribution in [3.8, 4) is 0 Å². The van der Waals surface area contributed by atoms with Gasteiger partial charge in [-0.3, -0.25) is 0 Å². The fourth-order valence-electron chi connectivity index (χ4n) is 2.46. The summed E-state index contributed by atoms with van der Waals surface area (Å²) in [7, 11) is 3.78. The third kappa shape index (κ3) is 2.14. The first-order valence-corrected chi connectivity index (χ1v) is 6.70. The van der Waals surface area contributed by atoms with E-state index in [1.807, 2.05) is 49.3 Å². The summed E-state index contributed by atoms with van der Waals surface area (Å²) >= 11 is 0. The molecule has 2 heteroatoms. The number of benzene rings is 2. The van der Waals surface area contributed by atoms with Crippen LogP contribution in [0.1, 0.15) is 12.5 Å². The molecule has 3 rings (SSSR count). The van der Waals surface area contributed by atoms with Crippen molar-refractivity contribution in [2.24, 2.45) is 0 Å². The summed E-state index contributed by atoms with van der Waals surface area (Å²) in [4.78, 5) is 0. The van der Waals surface area contributed by atoms with Crippen molar-refractivity contribution in [2.45, 2.75) is 6.92 Å². The first kappa shape index (κ1) is 12.7. The molecule has 0 amide bonds. The van der Waals surface area contributed by atoms with Gasteiger partial charge in [0.1, 0.15) is 0 Å². The van der Waals surface area contributed by atoms with Gasteiger partial charge in [-0.2, -0.15) is 0 Å². The molecule has 0 aliphatic carbocycles. The monoisotopic (exact) mass is 258 g/mol. The summed E-state index contributed by atoms with van der Waals surface area (Å²) in [6, 6.07) is 14.4. The normalized spacial score (nSPS) is 12.5. The Balaban J connectivity index is 2.26. The van der Waals surface area contributed by atoms with Crippen LogP contribution < -0.4 is 0 Å². The minimum atomic E-state index is 0.924. The van der Waals surface area contributed by atoms with Crippen LogP contribution in [0.2, 0.25) is 0 Å². The average molecular weight is 258 g/mol. The van der Waals surface area contributed by atoms with Crippen LogP contribution in [0.4, 0.5) is 0 Å². The van der Waals surface area contributed by atoms with E-state index < -0.39 is 0 Å². The number of rotatable bonds is 3. The van der Waals surface area contributed by atoms with Gasteiger partial charge in [-0.25, -0.2) is 0 Å². The third-order valence-electron chi connectivity index (χ3n) is 3.35. The molecule has 0 unspecified atom stereocenters. The fraction of sp³-hybridized carbons (Fsp3) is 0.0556. The van der Waals surface area contributed by atoms with Crippen LogP contribution in [0, 0.1) is 0 Å². The second-order valence-corrected chi connectivity index (χ2v) is 4.67. The molecule has 0 fully saturated rings. The Morgan fingerprint density at radius 1 is 1.05 bits per heavy atom. The van der Waals surface area contributed by atoms with Crippen molar-refractivity contribution in [1.82, 2.24) is 0 Å². The predicted octanol–water partition coefficient (Wildman–Crippen LogP) is 4.25. The molecule has 1 heterocycles. The molecule has 1 aromatic heterocycles. The first-order valence-electron chi connectivity index (χ1n) is 6.70. The van der Waals surface area contributed by atoms with Crippen LogP contribution in [0.25, 0.3) is 27.5 Å². The Bertz CT molecular complexity index is 837. The van der Waals surface area contributed by atoms with Crippen LogP contribution in [-0.2, 0) is 0 Å². The summed E-state index contributed by atoms with van der Waals surface area (Å²) in [6.07, 6.45) is 6.14. The summed E-state index contributed by atoms with van der Waals surface area (Å²) in [5.41, 5.74) is 4.17. The van der Waals surface area contributed by atoms with Gasteiger partial charge in [0.25, 0.3) is 0 Å². The molecule has 1 nitrogen and oxygen atoms in total. The Morgan fingerprint density at radius 2 is 1.85 bits per heavy atom. The molecule has 0 spiro atoms. The molecule has 0 radical (unpaired) electrons. The minimum absolute atomic E-state index is 0.924. The topological polar surface area (TPSA) is 13.1 Å². The SMILES string of the molecule is B=C/C=C(\C=C/C)c1ccc2oc3ccccc3c2c1. The summed E-state index contributed by atoms with van der Waals surface area (Å²) in [5, 5.41) is 2.31. The van der Waals surface area contributed by atoms with Gasteiger partial charge in [-0.15, -0.1) is 0 Å². The van der Waals surface area contributed by atoms with Crippen LogP contribution in [-0.4, -0.2) is 13.5 Å². The molecule has 0 aliphatic heterocycles. The zero-order chi connectivity index (χ0) is 13.9. The Morgan fingerprint density at radius 3 is 2.65 bits per heavy atom. The van der Waals surface area contributed by atoms with Crippen molar-refractivity contribution in [3.05, 3.63) is 66.3 Å². The molecule has 0 bridgehead atoms. The van der Waals surface area contributed by atoms with E-state index in [2.05, 4.69) is 31.8 Å². The van der Waals surface area contributed by atoms with Crippen LogP contribution >= 0.6 is 0 Å². The van der Waals surface area contributed by atoms with E-state index in [-0.39, 0.29) is 0 Å². The first-order chi connectivity index (χ1) is 9.83. The van der Waals surface area contributed by atoms with E-state index in [1.54, 1.807) is 0 Å². The second kappa shape index (κ2) is 5.34. The summed E-state index contributed by atoms with van der Waals surface area (Å²) < 4.78 is 5.85. The van der Waals surface area contributed by atoms with E-state index >= 15 is 0 Å². The van der Waals surface area contributed by atoms with Crippen molar-refractivity contribution >= 4 is 41.0 Å². The second-order valence-electron chi connectivity index (χ2n) is 4.67. The van der Waals surface area contributed by atoms with Crippen molar-refractivity contribution in [3.63, 3.8) is 0 Å². The maximum absolute atomic E-state index is 5.85. The molecule has 3 aromatic rings. The molecular formula is C18H15BO. The molecule has 0 aliphatic rings. The van der Waals surface area contributed by atoms with Crippen molar-refractivity contribution in [1.29, 1.82) is 0 Å². The van der Waals surface area contributed by atoms with Gasteiger partial charge >= 0.3 is 119 Å². The molecule has 96 valence electrons. The predicted molar refractivity (Wildman–Crippen MR) is 89.7 cm³/mol. The molecular weight excluding hydrogens is 243 g/mol. The van der Waals surface area contributed by atoms with Gasteiger partial charge in [0.2, 0.25) is 0 Å². The number of hydrogen-bond acceptors (Lipinski definition) is 1. The Labute approximate surface area is 119 Å².